The van der Waals surface area contributed by atoms with Gasteiger partial charge in [-0.1, -0.05) is 30.3 Å². The highest BCUT2D eigenvalue weighted by Gasteiger charge is 2.46. The van der Waals surface area contributed by atoms with E-state index >= 15 is 0 Å². The number of carbonyl (C=O) groups is 1. The van der Waals surface area contributed by atoms with Gasteiger partial charge in [-0.05, 0) is 37.9 Å². The van der Waals surface area contributed by atoms with Crippen LogP contribution in [-0.4, -0.2) is 43.1 Å². The molecule has 1 heterocycles. The van der Waals surface area contributed by atoms with Crippen molar-refractivity contribution in [3.8, 4) is 0 Å². The standard InChI is InChI=1S/C16H22N2O2/c1-20-14(13-6-3-2-4-7-13)15(19)17-16(8-9-16)12-18-10-5-11-18/h2-4,6-7,14H,5,8-12H2,1H3,(H,17,19). The SMILES string of the molecule is COC(C(=O)NC1(CN2CCC2)CC1)c1ccccc1. The highest BCUT2D eigenvalue weighted by atomic mass is 16.5. The number of nitrogens with one attached hydrogen (secondary N) is 1. The predicted octanol–water partition coefficient (Wildman–Crippen LogP) is 1.73. The molecular formula is C16H22N2O2. The van der Waals surface area contributed by atoms with Crippen LogP contribution in [-0.2, 0) is 9.53 Å². The fraction of sp³-hybridized carbons (Fsp3) is 0.562. The van der Waals surface area contributed by atoms with Crippen LogP contribution >= 0.6 is 0 Å². The lowest BCUT2D eigenvalue weighted by Crippen LogP contribution is -2.51. The molecule has 1 aromatic carbocycles. The number of hydrogen-bond donors (Lipinski definition) is 1. The zero-order chi connectivity index (χ0) is 14.0. The third-order valence-corrected chi connectivity index (χ3v) is 4.29. The van der Waals surface area contributed by atoms with Crippen LogP contribution in [0.15, 0.2) is 30.3 Å². The largest absolute Gasteiger partial charge is 0.367 e. The monoisotopic (exact) mass is 274 g/mol. The summed E-state index contributed by atoms with van der Waals surface area (Å²) in [6, 6.07) is 9.68. The van der Waals surface area contributed by atoms with Crippen molar-refractivity contribution in [1.29, 1.82) is 0 Å². The van der Waals surface area contributed by atoms with Crippen molar-refractivity contribution in [2.45, 2.75) is 30.9 Å². The molecule has 20 heavy (non-hydrogen) atoms. The summed E-state index contributed by atoms with van der Waals surface area (Å²) in [4.78, 5) is 14.9. The summed E-state index contributed by atoms with van der Waals surface area (Å²) in [6.45, 7) is 3.33. The minimum absolute atomic E-state index is 0.00304. The van der Waals surface area contributed by atoms with Gasteiger partial charge >= 0.3 is 0 Å². The maximum atomic E-state index is 12.5. The molecule has 1 N–H and O–H groups in total. The number of carbonyl (C=O) groups excluding carboxylic acids is 1. The van der Waals surface area contributed by atoms with Gasteiger partial charge in [0.25, 0.3) is 5.91 Å². The van der Waals surface area contributed by atoms with Gasteiger partial charge in [0.05, 0.1) is 5.54 Å². The molecule has 1 aromatic rings. The van der Waals surface area contributed by atoms with Gasteiger partial charge in [-0.15, -0.1) is 0 Å². The van der Waals surface area contributed by atoms with E-state index in [1.54, 1.807) is 7.11 Å². The summed E-state index contributed by atoms with van der Waals surface area (Å²) >= 11 is 0. The van der Waals surface area contributed by atoms with Crippen LogP contribution in [0.4, 0.5) is 0 Å². The topological polar surface area (TPSA) is 41.6 Å². The zero-order valence-electron chi connectivity index (χ0n) is 12.0. The number of ether oxygens (including phenoxy) is 1. The molecule has 108 valence electrons. The maximum absolute atomic E-state index is 12.5. The molecule has 0 spiro atoms. The fourth-order valence-corrected chi connectivity index (χ4v) is 2.79. The Morgan fingerprint density at radius 1 is 1.35 bits per heavy atom. The minimum Gasteiger partial charge on any atom is -0.367 e. The zero-order valence-corrected chi connectivity index (χ0v) is 12.0. The fourth-order valence-electron chi connectivity index (χ4n) is 2.79. The number of methoxy groups -OCH3 is 1. The third-order valence-electron chi connectivity index (χ3n) is 4.29. The first-order valence-corrected chi connectivity index (χ1v) is 7.35. The Hall–Kier alpha value is -1.39. The van der Waals surface area contributed by atoms with Gasteiger partial charge in [0, 0.05) is 13.7 Å². The lowest BCUT2D eigenvalue weighted by Gasteiger charge is -2.35. The Labute approximate surface area is 120 Å². The molecule has 3 rings (SSSR count). The van der Waals surface area contributed by atoms with E-state index in [2.05, 4.69) is 10.2 Å². The lowest BCUT2D eigenvalue weighted by molar-refractivity contribution is -0.132. The van der Waals surface area contributed by atoms with Crippen LogP contribution in [0.1, 0.15) is 30.9 Å². The lowest BCUT2D eigenvalue weighted by atomic mass is 10.1. The van der Waals surface area contributed by atoms with Gasteiger partial charge < -0.3 is 15.0 Å². The molecule has 1 unspecified atom stereocenters. The molecule has 0 aromatic heterocycles. The van der Waals surface area contributed by atoms with Crippen molar-refractivity contribution in [2.24, 2.45) is 0 Å². The Bertz CT molecular complexity index is 467. The Kier molecular flexibility index (Phi) is 3.76. The number of rotatable bonds is 6. The molecule has 1 saturated carbocycles. The van der Waals surface area contributed by atoms with Gasteiger partial charge in [0.15, 0.2) is 6.10 Å². The van der Waals surface area contributed by atoms with Gasteiger partial charge in [0.1, 0.15) is 0 Å². The molecule has 1 aliphatic heterocycles. The summed E-state index contributed by atoms with van der Waals surface area (Å²) in [5.41, 5.74) is 0.913. The van der Waals surface area contributed by atoms with E-state index in [0.717, 1.165) is 24.9 Å². The molecule has 0 radical (unpaired) electrons. The Morgan fingerprint density at radius 2 is 2.05 bits per heavy atom. The van der Waals surface area contributed by atoms with Crippen molar-refractivity contribution >= 4 is 5.91 Å². The molecule has 2 fully saturated rings. The van der Waals surface area contributed by atoms with Crippen molar-refractivity contribution in [2.75, 3.05) is 26.7 Å². The summed E-state index contributed by atoms with van der Waals surface area (Å²) in [7, 11) is 1.59. The third kappa shape index (κ3) is 2.86. The van der Waals surface area contributed by atoms with Crippen LogP contribution in [0.3, 0.4) is 0 Å². The number of hydrogen-bond acceptors (Lipinski definition) is 3. The van der Waals surface area contributed by atoms with Crippen LogP contribution in [0.5, 0.6) is 0 Å². The minimum atomic E-state index is -0.509. The second-order valence-electron chi connectivity index (χ2n) is 5.93. The normalized spacial score (nSPS) is 21.9. The van der Waals surface area contributed by atoms with Crippen LogP contribution in [0.25, 0.3) is 0 Å². The smallest absolute Gasteiger partial charge is 0.254 e. The first-order valence-electron chi connectivity index (χ1n) is 7.35. The second-order valence-corrected chi connectivity index (χ2v) is 5.93. The van der Waals surface area contributed by atoms with Gasteiger partial charge in [0.2, 0.25) is 0 Å². The number of likely N-dealkylation sites (tertiary alicyclic amines) is 1. The number of nitrogens with zero attached hydrogens (tertiary/aromatic N) is 1. The highest BCUT2D eigenvalue weighted by Crippen LogP contribution is 2.37. The van der Waals surface area contributed by atoms with Crippen LogP contribution in [0, 0.1) is 0 Å². The summed E-state index contributed by atoms with van der Waals surface area (Å²) in [5, 5.41) is 3.21. The van der Waals surface area contributed by atoms with Crippen LogP contribution < -0.4 is 5.32 Å². The average Bonchev–Trinajstić information content (AvgIpc) is 3.16. The molecule has 1 atom stereocenters. The predicted molar refractivity (Wildman–Crippen MR) is 77.4 cm³/mol. The molecule has 1 aliphatic carbocycles. The van der Waals surface area contributed by atoms with E-state index < -0.39 is 6.10 Å². The Balaban J connectivity index is 1.62. The molecule has 1 saturated heterocycles. The molecule has 4 nitrogen and oxygen atoms in total. The molecule has 1 amide bonds. The van der Waals surface area contributed by atoms with Crippen LogP contribution in [0.2, 0.25) is 0 Å². The van der Waals surface area contributed by atoms with E-state index in [-0.39, 0.29) is 11.4 Å². The summed E-state index contributed by atoms with van der Waals surface area (Å²) in [6.07, 6.45) is 2.94. The van der Waals surface area contributed by atoms with Crippen molar-refractivity contribution in [3.05, 3.63) is 35.9 Å². The summed E-state index contributed by atoms with van der Waals surface area (Å²) in [5.74, 6) is -0.0169. The average molecular weight is 274 g/mol. The highest BCUT2D eigenvalue weighted by molar-refractivity contribution is 5.83. The van der Waals surface area contributed by atoms with Crippen molar-refractivity contribution in [3.63, 3.8) is 0 Å². The molecule has 4 heteroatoms. The van der Waals surface area contributed by atoms with E-state index in [9.17, 15) is 4.79 Å². The molecular weight excluding hydrogens is 252 g/mol. The summed E-state index contributed by atoms with van der Waals surface area (Å²) < 4.78 is 5.39. The van der Waals surface area contributed by atoms with Gasteiger partial charge in [-0.25, -0.2) is 0 Å². The molecule has 0 bridgehead atoms. The van der Waals surface area contributed by atoms with Gasteiger partial charge in [-0.2, -0.15) is 0 Å². The number of benzene rings is 1. The Morgan fingerprint density at radius 3 is 2.55 bits per heavy atom. The van der Waals surface area contributed by atoms with Gasteiger partial charge in [-0.3, -0.25) is 4.79 Å². The number of amides is 1. The van der Waals surface area contributed by atoms with E-state index in [1.807, 2.05) is 30.3 Å². The van der Waals surface area contributed by atoms with Crippen molar-refractivity contribution in [1.82, 2.24) is 10.2 Å². The second kappa shape index (κ2) is 5.54. The van der Waals surface area contributed by atoms with E-state index in [1.165, 1.54) is 19.5 Å². The first-order chi connectivity index (χ1) is 9.72. The maximum Gasteiger partial charge on any atom is 0.254 e. The first kappa shape index (κ1) is 13.6. The van der Waals surface area contributed by atoms with E-state index in [4.69, 9.17) is 4.74 Å². The molecule has 2 aliphatic rings. The quantitative estimate of drug-likeness (QED) is 0.859. The van der Waals surface area contributed by atoms with Crippen molar-refractivity contribution < 1.29 is 9.53 Å². The van der Waals surface area contributed by atoms with E-state index in [0.29, 0.717) is 0 Å².